The summed E-state index contributed by atoms with van der Waals surface area (Å²) in [7, 11) is 0. The van der Waals surface area contributed by atoms with Gasteiger partial charge in [0.25, 0.3) is 0 Å². The highest BCUT2D eigenvalue weighted by atomic mass is 14.4. The molecule has 0 aromatic carbocycles. The van der Waals surface area contributed by atoms with Crippen LogP contribution in [-0.4, -0.2) is 0 Å². The van der Waals surface area contributed by atoms with Crippen molar-refractivity contribution < 1.29 is 0 Å². The van der Waals surface area contributed by atoms with Crippen molar-refractivity contribution in [2.24, 2.45) is 11.3 Å². The first-order chi connectivity index (χ1) is 9.41. The van der Waals surface area contributed by atoms with Gasteiger partial charge in [-0.05, 0) is 76.5 Å². The van der Waals surface area contributed by atoms with E-state index in [0.29, 0.717) is 5.41 Å². The minimum absolute atomic E-state index is 0.391. The van der Waals surface area contributed by atoms with Crippen LogP contribution in [0.2, 0.25) is 0 Å². The molecule has 0 saturated carbocycles. The Morgan fingerprint density at radius 2 is 1.70 bits per heavy atom. The Kier molecular flexibility index (Phi) is 4.94. The van der Waals surface area contributed by atoms with Gasteiger partial charge in [-0.1, -0.05) is 48.8 Å². The quantitative estimate of drug-likeness (QED) is 0.436. The first kappa shape index (κ1) is 15.6. The van der Waals surface area contributed by atoms with Gasteiger partial charge < -0.3 is 0 Å². The normalized spacial score (nSPS) is 31.1. The van der Waals surface area contributed by atoms with Crippen molar-refractivity contribution in [1.29, 1.82) is 0 Å². The highest BCUT2D eigenvalue weighted by Crippen LogP contribution is 2.49. The average molecular weight is 272 g/mol. The maximum Gasteiger partial charge on any atom is -0.0114 e. The Morgan fingerprint density at radius 3 is 2.45 bits per heavy atom. The topological polar surface area (TPSA) is 0 Å². The molecule has 0 aliphatic heterocycles. The van der Waals surface area contributed by atoms with Crippen molar-refractivity contribution >= 4 is 0 Å². The molecular weight excluding hydrogens is 240 g/mol. The predicted octanol–water partition coefficient (Wildman–Crippen LogP) is 6.60. The van der Waals surface area contributed by atoms with E-state index in [2.05, 4.69) is 40.3 Å². The zero-order valence-electron chi connectivity index (χ0n) is 14.0. The Bertz CT molecular complexity index is 431. The molecule has 0 spiro atoms. The summed E-state index contributed by atoms with van der Waals surface area (Å²) in [6.07, 6.45) is 12.6. The fourth-order valence-corrected chi connectivity index (χ4v) is 4.19. The van der Waals surface area contributed by atoms with E-state index in [-0.39, 0.29) is 0 Å². The summed E-state index contributed by atoms with van der Waals surface area (Å²) in [6, 6.07) is 0. The minimum atomic E-state index is 0.391. The Labute approximate surface area is 126 Å². The van der Waals surface area contributed by atoms with Crippen molar-refractivity contribution in [3.8, 4) is 0 Å². The van der Waals surface area contributed by atoms with Crippen LogP contribution in [0.25, 0.3) is 0 Å². The third-order valence-electron chi connectivity index (χ3n) is 5.79. The SMILES string of the molecule is C=C1CC/C=C(\C)CCC2=C(C)CCC(CC1)C2(C)C. The Morgan fingerprint density at radius 1 is 1.00 bits per heavy atom. The molecule has 0 nitrogen and oxygen atoms in total. The number of fused-ring (bicyclic) bond motifs is 2. The molecule has 0 N–H and O–H groups in total. The van der Waals surface area contributed by atoms with Crippen LogP contribution < -0.4 is 0 Å². The van der Waals surface area contributed by atoms with E-state index in [1.165, 1.54) is 56.9 Å². The monoisotopic (exact) mass is 272 g/mol. The van der Waals surface area contributed by atoms with Crippen molar-refractivity contribution in [3.05, 3.63) is 34.9 Å². The summed E-state index contributed by atoms with van der Waals surface area (Å²) in [5.41, 5.74) is 6.85. The van der Waals surface area contributed by atoms with Gasteiger partial charge in [-0.25, -0.2) is 0 Å². The summed E-state index contributed by atoms with van der Waals surface area (Å²) >= 11 is 0. The van der Waals surface area contributed by atoms with Gasteiger partial charge in [0.05, 0.1) is 0 Å². The first-order valence-corrected chi connectivity index (χ1v) is 8.42. The van der Waals surface area contributed by atoms with Crippen LogP contribution in [0.15, 0.2) is 34.9 Å². The van der Waals surface area contributed by atoms with E-state index in [0.717, 1.165) is 5.92 Å². The lowest BCUT2D eigenvalue weighted by molar-refractivity contribution is 0.208. The number of allylic oxidation sites excluding steroid dienone is 5. The molecule has 2 rings (SSSR count). The third kappa shape index (κ3) is 3.45. The largest absolute Gasteiger partial charge is 0.0999 e. The van der Waals surface area contributed by atoms with Crippen molar-refractivity contribution in [3.63, 3.8) is 0 Å². The van der Waals surface area contributed by atoms with Gasteiger partial charge in [-0.2, -0.15) is 0 Å². The number of rotatable bonds is 0. The molecular formula is C20H32. The average Bonchev–Trinajstić information content (AvgIpc) is 2.36. The lowest BCUT2D eigenvalue weighted by Gasteiger charge is -2.43. The molecule has 112 valence electrons. The van der Waals surface area contributed by atoms with E-state index in [9.17, 15) is 0 Å². The van der Waals surface area contributed by atoms with Gasteiger partial charge in [-0.15, -0.1) is 0 Å². The van der Waals surface area contributed by atoms with Crippen LogP contribution in [0.3, 0.4) is 0 Å². The lowest BCUT2D eigenvalue weighted by atomic mass is 9.62. The second-order valence-corrected chi connectivity index (χ2v) is 7.59. The maximum atomic E-state index is 4.29. The molecule has 0 heteroatoms. The smallest absolute Gasteiger partial charge is 0.0114 e. The van der Waals surface area contributed by atoms with Gasteiger partial charge in [-0.3, -0.25) is 0 Å². The van der Waals surface area contributed by atoms with Crippen LogP contribution in [0.5, 0.6) is 0 Å². The number of hydrogen-bond acceptors (Lipinski definition) is 0. The summed E-state index contributed by atoms with van der Waals surface area (Å²) in [5.74, 6) is 0.849. The third-order valence-corrected chi connectivity index (χ3v) is 5.79. The Hall–Kier alpha value is -0.780. The molecule has 0 saturated heterocycles. The molecule has 0 fully saturated rings. The second kappa shape index (κ2) is 6.33. The van der Waals surface area contributed by atoms with Crippen molar-refractivity contribution in [2.45, 2.75) is 79.1 Å². The molecule has 0 radical (unpaired) electrons. The first-order valence-electron chi connectivity index (χ1n) is 8.42. The van der Waals surface area contributed by atoms with Crippen LogP contribution in [0, 0.1) is 11.3 Å². The molecule has 2 aliphatic rings. The van der Waals surface area contributed by atoms with Crippen molar-refractivity contribution in [2.75, 3.05) is 0 Å². The molecule has 1 atom stereocenters. The molecule has 0 aromatic rings. The van der Waals surface area contributed by atoms with Crippen LogP contribution in [0.4, 0.5) is 0 Å². The molecule has 20 heavy (non-hydrogen) atoms. The molecule has 0 aromatic heterocycles. The molecule has 2 bridgehead atoms. The van der Waals surface area contributed by atoms with Gasteiger partial charge in [0.1, 0.15) is 0 Å². The molecule has 1 unspecified atom stereocenters. The summed E-state index contributed by atoms with van der Waals surface area (Å²) in [4.78, 5) is 0. The van der Waals surface area contributed by atoms with Crippen LogP contribution in [-0.2, 0) is 0 Å². The maximum absolute atomic E-state index is 4.29. The van der Waals surface area contributed by atoms with Crippen molar-refractivity contribution in [1.82, 2.24) is 0 Å². The fraction of sp³-hybridized carbons (Fsp3) is 0.700. The standard InChI is InChI=1S/C20H32/c1-15-7-6-8-16(2)10-14-19-17(3)11-13-18(12-9-15)20(19,4)5/h8,18H,1,6-7,9-14H2,2-5H3/b16-8+. The van der Waals surface area contributed by atoms with E-state index in [1.54, 1.807) is 16.7 Å². The molecule has 2 aliphatic carbocycles. The van der Waals surface area contributed by atoms with E-state index in [1.807, 2.05) is 0 Å². The Balaban J connectivity index is 2.27. The molecule has 0 heterocycles. The van der Waals surface area contributed by atoms with Gasteiger partial charge in [0.2, 0.25) is 0 Å². The lowest BCUT2D eigenvalue weighted by Crippen LogP contribution is -2.31. The number of hydrogen-bond donors (Lipinski definition) is 0. The molecule has 0 amide bonds. The van der Waals surface area contributed by atoms with Gasteiger partial charge in [0.15, 0.2) is 0 Å². The highest BCUT2D eigenvalue weighted by Gasteiger charge is 2.36. The summed E-state index contributed by atoms with van der Waals surface area (Å²) in [5, 5.41) is 0. The van der Waals surface area contributed by atoms with Gasteiger partial charge in [0, 0.05) is 0 Å². The summed E-state index contributed by atoms with van der Waals surface area (Å²) < 4.78 is 0. The highest BCUT2D eigenvalue weighted by molar-refractivity contribution is 5.25. The van der Waals surface area contributed by atoms with E-state index in [4.69, 9.17) is 0 Å². The zero-order chi connectivity index (χ0) is 14.8. The van der Waals surface area contributed by atoms with E-state index >= 15 is 0 Å². The van der Waals surface area contributed by atoms with E-state index < -0.39 is 0 Å². The summed E-state index contributed by atoms with van der Waals surface area (Å²) in [6.45, 7) is 13.9. The second-order valence-electron chi connectivity index (χ2n) is 7.59. The zero-order valence-corrected chi connectivity index (χ0v) is 14.0. The van der Waals surface area contributed by atoms with Gasteiger partial charge >= 0.3 is 0 Å². The van der Waals surface area contributed by atoms with Crippen LogP contribution in [0.1, 0.15) is 79.1 Å². The fourth-order valence-electron chi connectivity index (χ4n) is 4.19. The predicted molar refractivity (Wildman–Crippen MR) is 89.8 cm³/mol. The minimum Gasteiger partial charge on any atom is -0.0999 e. The van der Waals surface area contributed by atoms with Crippen LogP contribution >= 0.6 is 0 Å².